The summed E-state index contributed by atoms with van der Waals surface area (Å²) in [6, 6.07) is 9.60. The summed E-state index contributed by atoms with van der Waals surface area (Å²) in [6.07, 6.45) is 1.39. The predicted octanol–water partition coefficient (Wildman–Crippen LogP) is 0.739. The fourth-order valence-electron chi connectivity index (χ4n) is 2.17. The van der Waals surface area contributed by atoms with E-state index in [0.29, 0.717) is 12.4 Å². The molecule has 5 N–H and O–H groups in total. The predicted molar refractivity (Wildman–Crippen MR) is 67.7 cm³/mol. The quantitative estimate of drug-likeness (QED) is 0.640. The van der Waals surface area contributed by atoms with Crippen LogP contribution >= 0.6 is 0 Å². The highest BCUT2D eigenvalue weighted by atomic mass is 16.3. The third-order valence-corrected chi connectivity index (χ3v) is 3.01. The Morgan fingerprint density at radius 3 is 2.61 bits per heavy atom. The van der Waals surface area contributed by atoms with Crippen molar-refractivity contribution in [2.45, 2.75) is 6.54 Å². The average molecular weight is 243 g/mol. The molecular weight excluding hydrogens is 230 g/mol. The minimum Gasteiger partial charge on any atom is -0.506 e. The Kier molecular flexibility index (Phi) is 2.41. The summed E-state index contributed by atoms with van der Waals surface area (Å²) in [4.78, 5) is 4.11. The Balaban J connectivity index is 2.23. The van der Waals surface area contributed by atoms with E-state index in [1.807, 2.05) is 30.3 Å². The zero-order valence-electron chi connectivity index (χ0n) is 9.61. The van der Waals surface area contributed by atoms with Gasteiger partial charge in [0.25, 0.3) is 0 Å². The van der Waals surface area contributed by atoms with Crippen LogP contribution in [0.4, 0.5) is 5.82 Å². The molecule has 0 spiro atoms. The van der Waals surface area contributed by atoms with Gasteiger partial charge in [0.1, 0.15) is 5.75 Å². The maximum atomic E-state index is 10.0. The highest BCUT2D eigenvalue weighted by Gasteiger charge is 2.28. The first-order valence-electron chi connectivity index (χ1n) is 5.51. The fourth-order valence-corrected chi connectivity index (χ4v) is 2.17. The SMILES string of the molecule is NN1Cc2c(ncc(O)c2-c2ccccc2)N1N. The van der Waals surface area contributed by atoms with E-state index in [-0.39, 0.29) is 5.75 Å². The fraction of sp³-hybridized carbons (Fsp3) is 0.0833. The smallest absolute Gasteiger partial charge is 0.165 e. The number of nitrogens with zero attached hydrogens (tertiary/aromatic N) is 3. The third-order valence-electron chi connectivity index (χ3n) is 3.01. The van der Waals surface area contributed by atoms with Crippen LogP contribution in [0.25, 0.3) is 11.1 Å². The summed E-state index contributed by atoms with van der Waals surface area (Å²) in [5.74, 6) is 12.2. The lowest BCUT2D eigenvalue weighted by Gasteiger charge is -2.18. The maximum Gasteiger partial charge on any atom is 0.165 e. The van der Waals surface area contributed by atoms with Crippen molar-refractivity contribution >= 4 is 5.82 Å². The van der Waals surface area contributed by atoms with Gasteiger partial charge in [0, 0.05) is 11.1 Å². The molecular formula is C12H13N5O. The van der Waals surface area contributed by atoms with Crippen molar-refractivity contribution in [1.82, 2.24) is 10.1 Å². The molecule has 0 fully saturated rings. The van der Waals surface area contributed by atoms with Crippen LogP contribution in [0.1, 0.15) is 5.56 Å². The van der Waals surface area contributed by atoms with E-state index in [2.05, 4.69) is 4.98 Å². The van der Waals surface area contributed by atoms with Gasteiger partial charge in [-0.3, -0.25) is 0 Å². The first-order chi connectivity index (χ1) is 8.68. The Hall–Kier alpha value is -2.15. The van der Waals surface area contributed by atoms with Crippen LogP contribution < -0.4 is 16.8 Å². The first kappa shape index (κ1) is 11.0. The van der Waals surface area contributed by atoms with Crippen molar-refractivity contribution in [3.05, 3.63) is 42.1 Å². The lowest BCUT2D eigenvalue weighted by Crippen LogP contribution is -2.47. The van der Waals surface area contributed by atoms with Gasteiger partial charge in [-0.1, -0.05) is 30.3 Å². The second-order valence-corrected chi connectivity index (χ2v) is 4.13. The zero-order valence-corrected chi connectivity index (χ0v) is 9.61. The number of aromatic nitrogens is 1. The Bertz CT molecular complexity index is 587. The number of hydrazine groups is 3. The van der Waals surface area contributed by atoms with Gasteiger partial charge < -0.3 is 5.11 Å². The van der Waals surface area contributed by atoms with Gasteiger partial charge in [0.05, 0.1) is 12.7 Å². The van der Waals surface area contributed by atoms with E-state index in [4.69, 9.17) is 11.7 Å². The van der Waals surface area contributed by atoms with Crippen LogP contribution in [0.3, 0.4) is 0 Å². The molecule has 0 unspecified atom stereocenters. The molecule has 0 saturated heterocycles. The highest BCUT2D eigenvalue weighted by molar-refractivity contribution is 5.78. The van der Waals surface area contributed by atoms with Crippen LogP contribution in [0.5, 0.6) is 5.75 Å². The van der Waals surface area contributed by atoms with Gasteiger partial charge in [0.2, 0.25) is 0 Å². The number of nitrogens with two attached hydrogens (primary N) is 2. The minimum atomic E-state index is 0.128. The van der Waals surface area contributed by atoms with E-state index in [9.17, 15) is 5.11 Å². The number of hydrogen-bond acceptors (Lipinski definition) is 6. The van der Waals surface area contributed by atoms with E-state index in [1.54, 1.807) is 0 Å². The molecule has 6 nitrogen and oxygen atoms in total. The lowest BCUT2D eigenvalue weighted by atomic mass is 10.0. The molecule has 0 atom stereocenters. The van der Waals surface area contributed by atoms with Crippen LogP contribution in [0, 0.1) is 0 Å². The maximum absolute atomic E-state index is 10.0. The van der Waals surface area contributed by atoms with Gasteiger partial charge in [-0.25, -0.2) is 21.8 Å². The van der Waals surface area contributed by atoms with Crippen molar-refractivity contribution in [2.24, 2.45) is 11.7 Å². The molecule has 92 valence electrons. The second kappa shape index (κ2) is 3.95. The topological polar surface area (TPSA) is 91.6 Å². The molecule has 0 aliphatic carbocycles. The molecule has 2 heterocycles. The standard InChI is InChI=1S/C12H13N5O/c13-16-7-9-11(8-4-2-1-3-5-8)10(18)6-15-12(9)17(16)14/h1-6,18H,7,13-14H2. The van der Waals surface area contributed by atoms with Crippen molar-refractivity contribution < 1.29 is 5.11 Å². The normalized spacial score (nSPS) is 14.9. The van der Waals surface area contributed by atoms with Crippen LogP contribution in [-0.2, 0) is 6.54 Å². The van der Waals surface area contributed by atoms with Crippen molar-refractivity contribution in [3.8, 4) is 16.9 Å². The number of pyridine rings is 1. The molecule has 0 radical (unpaired) electrons. The summed E-state index contributed by atoms with van der Waals surface area (Å²) < 4.78 is 0. The summed E-state index contributed by atoms with van der Waals surface area (Å²) >= 11 is 0. The number of benzene rings is 1. The summed E-state index contributed by atoms with van der Waals surface area (Å²) in [5, 5.41) is 12.6. The van der Waals surface area contributed by atoms with Crippen LogP contribution in [-0.4, -0.2) is 15.2 Å². The molecule has 0 saturated carbocycles. The Labute approximate surface area is 104 Å². The molecule has 1 aromatic heterocycles. The molecule has 18 heavy (non-hydrogen) atoms. The van der Waals surface area contributed by atoms with E-state index >= 15 is 0 Å². The van der Waals surface area contributed by atoms with E-state index < -0.39 is 0 Å². The number of hydrogen-bond donors (Lipinski definition) is 3. The van der Waals surface area contributed by atoms with Gasteiger partial charge in [-0.05, 0) is 5.56 Å². The molecule has 3 rings (SSSR count). The summed E-state index contributed by atoms with van der Waals surface area (Å²) in [6.45, 7) is 0.414. The van der Waals surface area contributed by atoms with Gasteiger partial charge >= 0.3 is 0 Å². The highest BCUT2D eigenvalue weighted by Crippen LogP contribution is 2.39. The molecule has 0 amide bonds. The molecule has 2 aromatic rings. The Morgan fingerprint density at radius 2 is 1.89 bits per heavy atom. The molecule has 6 heteroatoms. The van der Waals surface area contributed by atoms with Crippen LogP contribution in [0.15, 0.2) is 36.5 Å². The average Bonchev–Trinajstić information content (AvgIpc) is 2.66. The molecule has 1 aromatic carbocycles. The molecule has 1 aliphatic rings. The second-order valence-electron chi connectivity index (χ2n) is 4.13. The van der Waals surface area contributed by atoms with Crippen molar-refractivity contribution in [3.63, 3.8) is 0 Å². The largest absolute Gasteiger partial charge is 0.506 e. The van der Waals surface area contributed by atoms with Crippen molar-refractivity contribution in [2.75, 3.05) is 5.12 Å². The summed E-state index contributed by atoms with van der Waals surface area (Å²) in [7, 11) is 0. The number of fused-ring (bicyclic) bond motifs is 1. The first-order valence-corrected chi connectivity index (χ1v) is 5.51. The van der Waals surface area contributed by atoms with Gasteiger partial charge in [0.15, 0.2) is 5.82 Å². The zero-order chi connectivity index (χ0) is 12.7. The molecule has 1 aliphatic heterocycles. The van der Waals surface area contributed by atoms with Crippen molar-refractivity contribution in [1.29, 1.82) is 0 Å². The van der Waals surface area contributed by atoms with Crippen LogP contribution in [0.2, 0.25) is 0 Å². The minimum absolute atomic E-state index is 0.128. The lowest BCUT2D eigenvalue weighted by molar-refractivity contribution is 0.273. The number of aromatic hydroxyl groups is 1. The molecule has 0 bridgehead atoms. The Morgan fingerprint density at radius 1 is 1.17 bits per heavy atom. The van der Waals surface area contributed by atoms with Gasteiger partial charge in [-0.15, -0.1) is 5.12 Å². The third kappa shape index (κ3) is 1.52. The summed E-state index contributed by atoms with van der Waals surface area (Å²) in [5.41, 5.74) is 2.47. The van der Waals surface area contributed by atoms with E-state index in [1.165, 1.54) is 16.4 Å². The number of anilines is 1. The van der Waals surface area contributed by atoms with E-state index in [0.717, 1.165) is 16.7 Å². The van der Waals surface area contributed by atoms with Gasteiger partial charge in [-0.2, -0.15) is 0 Å². The monoisotopic (exact) mass is 243 g/mol. The number of rotatable bonds is 1.